The summed E-state index contributed by atoms with van der Waals surface area (Å²) < 4.78 is 29.7. The highest BCUT2D eigenvalue weighted by molar-refractivity contribution is 7.89. The lowest BCUT2D eigenvalue weighted by Gasteiger charge is -2.35. The maximum absolute atomic E-state index is 13.0. The van der Waals surface area contributed by atoms with Gasteiger partial charge in [-0.3, -0.25) is 0 Å². The first-order valence-corrected chi connectivity index (χ1v) is 11.2. The van der Waals surface area contributed by atoms with Gasteiger partial charge in [-0.05, 0) is 43.3 Å². The molecular formula is C22H22N4O2S. The SMILES string of the molecule is Cc1ccc(S(=O)(=O)N2CCN(c3nc4ccccc4n4cccc34)CC2)cc1. The molecular weight excluding hydrogens is 384 g/mol. The van der Waals surface area contributed by atoms with Gasteiger partial charge in [-0.25, -0.2) is 13.4 Å². The number of hydrogen-bond acceptors (Lipinski definition) is 4. The van der Waals surface area contributed by atoms with Crippen LogP contribution in [0.15, 0.2) is 71.8 Å². The molecule has 0 saturated carbocycles. The molecule has 1 saturated heterocycles. The number of para-hydroxylation sites is 2. The first-order valence-electron chi connectivity index (χ1n) is 9.72. The highest BCUT2D eigenvalue weighted by Crippen LogP contribution is 2.27. The van der Waals surface area contributed by atoms with E-state index in [2.05, 4.69) is 21.4 Å². The molecule has 1 aliphatic heterocycles. The maximum atomic E-state index is 13.0. The molecule has 148 valence electrons. The van der Waals surface area contributed by atoms with Gasteiger partial charge in [0.25, 0.3) is 0 Å². The third-order valence-corrected chi connectivity index (χ3v) is 7.46. The van der Waals surface area contributed by atoms with Gasteiger partial charge in [0, 0.05) is 32.4 Å². The summed E-state index contributed by atoms with van der Waals surface area (Å²) >= 11 is 0. The number of fused-ring (bicyclic) bond motifs is 3. The summed E-state index contributed by atoms with van der Waals surface area (Å²) in [5, 5.41) is 0. The van der Waals surface area contributed by atoms with Crippen LogP contribution in [0, 0.1) is 6.92 Å². The number of hydrogen-bond donors (Lipinski definition) is 0. The summed E-state index contributed by atoms with van der Waals surface area (Å²) in [5.74, 6) is 0.904. The summed E-state index contributed by atoms with van der Waals surface area (Å²) in [4.78, 5) is 7.43. The minimum atomic E-state index is -3.47. The second-order valence-corrected chi connectivity index (χ2v) is 9.33. The highest BCUT2D eigenvalue weighted by Gasteiger charge is 2.29. The van der Waals surface area contributed by atoms with Crippen LogP contribution in [-0.4, -0.2) is 48.3 Å². The van der Waals surface area contributed by atoms with Crippen molar-refractivity contribution in [3.05, 3.63) is 72.4 Å². The molecule has 5 rings (SSSR count). The van der Waals surface area contributed by atoms with E-state index in [1.807, 2.05) is 49.5 Å². The molecule has 0 radical (unpaired) electrons. The third kappa shape index (κ3) is 3.07. The van der Waals surface area contributed by atoms with Gasteiger partial charge in [-0.2, -0.15) is 4.31 Å². The minimum absolute atomic E-state index is 0.356. The second-order valence-electron chi connectivity index (χ2n) is 7.39. The van der Waals surface area contributed by atoms with Crippen LogP contribution in [-0.2, 0) is 10.0 Å². The van der Waals surface area contributed by atoms with E-state index in [1.165, 1.54) is 0 Å². The Labute approximate surface area is 170 Å². The molecule has 0 aliphatic carbocycles. The average molecular weight is 407 g/mol. The molecule has 0 unspecified atom stereocenters. The molecule has 3 heterocycles. The topological polar surface area (TPSA) is 57.9 Å². The molecule has 2 aromatic carbocycles. The van der Waals surface area contributed by atoms with Crippen LogP contribution in [0.5, 0.6) is 0 Å². The molecule has 29 heavy (non-hydrogen) atoms. The first kappa shape index (κ1) is 18.1. The van der Waals surface area contributed by atoms with E-state index in [4.69, 9.17) is 4.98 Å². The number of aromatic nitrogens is 2. The average Bonchev–Trinajstić information content (AvgIpc) is 3.24. The van der Waals surface area contributed by atoms with Gasteiger partial charge in [0.1, 0.15) is 0 Å². The zero-order chi connectivity index (χ0) is 20.0. The fourth-order valence-corrected chi connectivity index (χ4v) is 5.36. The zero-order valence-corrected chi connectivity index (χ0v) is 17.0. The van der Waals surface area contributed by atoms with Crippen molar-refractivity contribution in [1.82, 2.24) is 13.7 Å². The van der Waals surface area contributed by atoms with Crippen LogP contribution >= 0.6 is 0 Å². The number of aryl methyl sites for hydroxylation is 1. The fraction of sp³-hybridized carbons (Fsp3) is 0.227. The summed E-state index contributed by atoms with van der Waals surface area (Å²) in [6, 6.07) is 19.2. The summed E-state index contributed by atoms with van der Waals surface area (Å²) in [6.45, 7) is 4.05. The number of sulfonamides is 1. The number of rotatable bonds is 3. The van der Waals surface area contributed by atoms with E-state index in [9.17, 15) is 8.42 Å². The van der Waals surface area contributed by atoms with E-state index in [-0.39, 0.29) is 0 Å². The Hall–Kier alpha value is -2.90. The second kappa shape index (κ2) is 6.86. The monoisotopic (exact) mass is 406 g/mol. The zero-order valence-electron chi connectivity index (χ0n) is 16.2. The van der Waals surface area contributed by atoms with E-state index < -0.39 is 10.0 Å². The largest absolute Gasteiger partial charge is 0.352 e. The Kier molecular flexibility index (Phi) is 4.29. The van der Waals surface area contributed by atoms with Crippen LogP contribution in [0.3, 0.4) is 0 Å². The molecule has 2 aromatic heterocycles. The van der Waals surface area contributed by atoms with E-state index >= 15 is 0 Å². The predicted octanol–water partition coefficient (Wildman–Crippen LogP) is 3.31. The summed E-state index contributed by atoms with van der Waals surface area (Å²) in [7, 11) is -3.47. The van der Waals surface area contributed by atoms with Crippen molar-refractivity contribution in [3.8, 4) is 0 Å². The number of piperazine rings is 1. The molecule has 1 fully saturated rings. The van der Waals surface area contributed by atoms with Gasteiger partial charge in [-0.15, -0.1) is 0 Å². The van der Waals surface area contributed by atoms with Crippen molar-refractivity contribution >= 4 is 32.4 Å². The summed E-state index contributed by atoms with van der Waals surface area (Å²) in [5.41, 5.74) is 4.09. The Bertz CT molecular complexity index is 1290. The molecule has 4 aromatic rings. The van der Waals surface area contributed by atoms with Crippen LogP contribution in [0.25, 0.3) is 16.6 Å². The van der Waals surface area contributed by atoms with Crippen LogP contribution in [0.4, 0.5) is 5.82 Å². The van der Waals surface area contributed by atoms with Gasteiger partial charge in [0.2, 0.25) is 10.0 Å². The van der Waals surface area contributed by atoms with Crippen molar-refractivity contribution in [2.24, 2.45) is 0 Å². The fourth-order valence-electron chi connectivity index (χ4n) is 3.94. The van der Waals surface area contributed by atoms with E-state index in [0.29, 0.717) is 31.1 Å². The molecule has 0 bridgehead atoms. The van der Waals surface area contributed by atoms with Gasteiger partial charge < -0.3 is 9.30 Å². The van der Waals surface area contributed by atoms with Gasteiger partial charge in [0.15, 0.2) is 5.82 Å². The number of nitrogens with zero attached hydrogens (tertiary/aromatic N) is 4. The normalized spacial score (nSPS) is 16.0. The lowest BCUT2D eigenvalue weighted by Crippen LogP contribution is -2.49. The molecule has 7 heteroatoms. The Morgan fingerprint density at radius 1 is 0.828 bits per heavy atom. The quantitative estimate of drug-likeness (QED) is 0.524. The van der Waals surface area contributed by atoms with Crippen molar-refractivity contribution in [2.75, 3.05) is 31.1 Å². The molecule has 0 amide bonds. The number of benzene rings is 2. The van der Waals surface area contributed by atoms with Gasteiger partial charge in [-0.1, -0.05) is 29.8 Å². The van der Waals surface area contributed by atoms with Crippen molar-refractivity contribution in [1.29, 1.82) is 0 Å². The van der Waals surface area contributed by atoms with E-state index in [1.54, 1.807) is 16.4 Å². The Morgan fingerprint density at radius 3 is 2.28 bits per heavy atom. The smallest absolute Gasteiger partial charge is 0.243 e. The predicted molar refractivity (Wildman–Crippen MR) is 115 cm³/mol. The number of anilines is 1. The summed E-state index contributed by atoms with van der Waals surface area (Å²) in [6.07, 6.45) is 2.04. The van der Waals surface area contributed by atoms with Crippen LogP contribution in [0.2, 0.25) is 0 Å². The van der Waals surface area contributed by atoms with Crippen molar-refractivity contribution in [2.45, 2.75) is 11.8 Å². The molecule has 0 N–H and O–H groups in total. The molecule has 1 aliphatic rings. The standard InChI is InChI=1S/C22H22N4O2S/c1-17-8-10-18(11-9-17)29(27,28)25-15-13-24(14-16-25)22-21-7-4-12-26(21)20-6-3-2-5-19(20)23-22/h2-12H,13-16H2,1H3. The Balaban J connectivity index is 1.43. The lowest BCUT2D eigenvalue weighted by atomic mass is 10.2. The molecule has 6 nitrogen and oxygen atoms in total. The third-order valence-electron chi connectivity index (χ3n) is 5.54. The maximum Gasteiger partial charge on any atom is 0.243 e. The Morgan fingerprint density at radius 2 is 1.52 bits per heavy atom. The van der Waals surface area contributed by atoms with Gasteiger partial charge >= 0.3 is 0 Å². The molecule has 0 spiro atoms. The van der Waals surface area contributed by atoms with Crippen LogP contribution < -0.4 is 4.90 Å². The molecule has 0 atom stereocenters. The first-order chi connectivity index (χ1) is 14.0. The van der Waals surface area contributed by atoms with Crippen molar-refractivity contribution < 1.29 is 8.42 Å². The lowest BCUT2D eigenvalue weighted by molar-refractivity contribution is 0.384. The highest BCUT2D eigenvalue weighted by atomic mass is 32.2. The van der Waals surface area contributed by atoms with Gasteiger partial charge in [0.05, 0.1) is 21.4 Å². The van der Waals surface area contributed by atoms with E-state index in [0.717, 1.165) is 27.9 Å². The van der Waals surface area contributed by atoms with Crippen LogP contribution in [0.1, 0.15) is 5.56 Å². The van der Waals surface area contributed by atoms with Crippen molar-refractivity contribution in [3.63, 3.8) is 0 Å². The minimum Gasteiger partial charge on any atom is -0.352 e.